The second-order valence-corrected chi connectivity index (χ2v) is 2.75. The molecular formula is C9H11ClN2O. The number of halogens is 1. The molecule has 3 N–H and O–H groups in total. The molecule has 0 unspecified atom stereocenters. The number of nitrogens with one attached hydrogen (secondary N) is 1. The van der Waals surface area contributed by atoms with Crippen molar-refractivity contribution in [1.29, 1.82) is 0 Å². The van der Waals surface area contributed by atoms with Crippen molar-refractivity contribution >= 4 is 29.1 Å². The third kappa shape index (κ3) is 1.76. The van der Waals surface area contributed by atoms with E-state index in [1.807, 2.05) is 31.2 Å². The molecule has 0 spiro atoms. The lowest BCUT2D eigenvalue weighted by molar-refractivity contribution is 0.578. The summed E-state index contributed by atoms with van der Waals surface area (Å²) in [7, 11) is 0. The SMILES string of the molecule is Cc1cc2cc(NN)ccc2o1.Cl. The zero-order valence-corrected chi connectivity index (χ0v) is 8.02. The highest BCUT2D eigenvalue weighted by atomic mass is 35.5. The number of rotatable bonds is 1. The van der Waals surface area contributed by atoms with Gasteiger partial charge in [0.05, 0.1) is 0 Å². The summed E-state index contributed by atoms with van der Waals surface area (Å²) < 4.78 is 5.40. The fourth-order valence-corrected chi connectivity index (χ4v) is 1.27. The first kappa shape index (κ1) is 9.89. The number of hydrazine groups is 1. The van der Waals surface area contributed by atoms with E-state index in [9.17, 15) is 0 Å². The van der Waals surface area contributed by atoms with Gasteiger partial charge in [-0.05, 0) is 31.2 Å². The Morgan fingerprint density at radius 1 is 1.31 bits per heavy atom. The van der Waals surface area contributed by atoms with Gasteiger partial charge in [0.1, 0.15) is 11.3 Å². The van der Waals surface area contributed by atoms with E-state index >= 15 is 0 Å². The van der Waals surface area contributed by atoms with Crippen LogP contribution in [0.25, 0.3) is 11.0 Å². The summed E-state index contributed by atoms with van der Waals surface area (Å²) in [5, 5.41) is 1.07. The van der Waals surface area contributed by atoms with Crippen molar-refractivity contribution in [3.8, 4) is 0 Å². The van der Waals surface area contributed by atoms with Crippen molar-refractivity contribution in [3.05, 3.63) is 30.0 Å². The molecule has 0 saturated heterocycles. The highest BCUT2D eigenvalue weighted by Gasteiger charge is 1.99. The molecular weight excluding hydrogens is 188 g/mol. The smallest absolute Gasteiger partial charge is 0.134 e. The van der Waals surface area contributed by atoms with Gasteiger partial charge in [-0.25, -0.2) is 0 Å². The van der Waals surface area contributed by atoms with Crippen LogP contribution in [-0.2, 0) is 0 Å². The second kappa shape index (κ2) is 3.68. The first-order valence-corrected chi connectivity index (χ1v) is 3.76. The zero-order chi connectivity index (χ0) is 8.55. The standard InChI is InChI=1S/C9H10N2O.ClH/c1-6-4-7-5-8(11-10)2-3-9(7)12-6;/h2-5,11H,10H2,1H3;1H. The lowest BCUT2D eigenvalue weighted by atomic mass is 10.2. The summed E-state index contributed by atoms with van der Waals surface area (Å²) in [5.41, 5.74) is 4.37. The molecule has 0 fully saturated rings. The van der Waals surface area contributed by atoms with E-state index in [1.165, 1.54) is 0 Å². The van der Waals surface area contributed by atoms with Gasteiger partial charge in [-0.1, -0.05) is 0 Å². The molecule has 0 atom stereocenters. The van der Waals surface area contributed by atoms with Crippen LogP contribution in [0, 0.1) is 6.92 Å². The maximum absolute atomic E-state index is 5.40. The minimum Gasteiger partial charge on any atom is -0.461 e. The van der Waals surface area contributed by atoms with Gasteiger partial charge in [-0.15, -0.1) is 12.4 Å². The van der Waals surface area contributed by atoms with Crippen molar-refractivity contribution in [3.63, 3.8) is 0 Å². The molecule has 1 aromatic heterocycles. The summed E-state index contributed by atoms with van der Waals surface area (Å²) >= 11 is 0. The average Bonchev–Trinajstić information content (AvgIpc) is 2.43. The van der Waals surface area contributed by atoms with E-state index in [0.29, 0.717) is 0 Å². The van der Waals surface area contributed by atoms with Crippen molar-refractivity contribution in [2.75, 3.05) is 5.43 Å². The number of fused-ring (bicyclic) bond motifs is 1. The van der Waals surface area contributed by atoms with Gasteiger partial charge in [-0.2, -0.15) is 0 Å². The van der Waals surface area contributed by atoms with Gasteiger partial charge in [0.2, 0.25) is 0 Å². The van der Waals surface area contributed by atoms with E-state index in [2.05, 4.69) is 5.43 Å². The molecule has 0 aliphatic heterocycles. The van der Waals surface area contributed by atoms with Crippen molar-refractivity contribution in [1.82, 2.24) is 0 Å². The van der Waals surface area contributed by atoms with Crippen LogP contribution in [0.15, 0.2) is 28.7 Å². The molecule has 0 amide bonds. The van der Waals surface area contributed by atoms with Gasteiger partial charge in [0.15, 0.2) is 0 Å². The Bertz CT molecular complexity index is 411. The monoisotopic (exact) mass is 198 g/mol. The van der Waals surface area contributed by atoms with Crippen LogP contribution in [0.4, 0.5) is 5.69 Å². The molecule has 1 aromatic carbocycles. The Morgan fingerprint density at radius 2 is 2.08 bits per heavy atom. The van der Waals surface area contributed by atoms with Crippen LogP contribution in [0.2, 0.25) is 0 Å². The lowest BCUT2D eigenvalue weighted by Gasteiger charge is -1.96. The first-order valence-electron chi connectivity index (χ1n) is 3.76. The lowest BCUT2D eigenvalue weighted by Crippen LogP contribution is -2.05. The third-order valence-corrected chi connectivity index (χ3v) is 1.81. The van der Waals surface area contributed by atoms with Gasteiger partial charge < -0.3 is 9.84 Å². The molecule has 2 aromatic rings. The fourth-order valence-electron chi connectivity index (χ4n) is 1.27. The van der Waals surface area contributed by atoms with Crippen molar-refractivity contribution in [2.45, 2.75) is 6.92 Å². The number of hydrogen-bond donors (Lipinski definition) is 2. The fraction of sp³-hybridized carbons (Fsp3) is 0.111. The molecule has 0 saturated carbocycles. The Hall–Kier alpha value is -1.19. The van der Waals surface area contributed by atoms with E-state index in [1.54, 1.807) is 0 Å². The molecule has 13 heavy (non-hydrogen) atoms. The van der Waals surface area contributed by atoms with Crippen LogP contribution in [0.5, 0.6) is 0 Å². The Balaban J connectivity index is 0.000000845. The zero-order valence-electron chi connectivity index (χ0n) is 7.20. The van der Waals surface area contributed by atoms with Gasteiger partial charge in [0.25, 0.3) is 0 Å². The molecule has 4 heteroatoms. The highest BCUT2D eigenvalue weighted by Crippen LogP contribution is 2.21. The number of nitrogens with two attached hydrogens (primary N) is 1. The predicted molar refractivity (Wildman–Crippen MR) is 56.0 cm³/mol. The summed E-state index contributed by atoms with van der Waals surface area (Å²) in [6, 6.07) is 7.71. The Labute approximate surface area is 82.3 Å². The maximum atomic E-state index is 5.40. The number of nitrogen functional groups attached to an aromatic ring is 1. The van der Waals surface area contributed by atoms with Gasteiger partial charge in [0, 0.05) is 11.1 Å². The van der Waals surface area contributed by atoms with Crippen LogP contribution in [0.3, 0.4) is 0 Å². The Morgan fingerprint density at radius 3 is 2.77 bits per heavy atom. The van der Waals surface area contributed by atoms with E-state index in [-0.39, 0.29) is 12.4 Å². The molecule has 0 bridgehead atoms. The minimum absolute atomic E-state index is 0. The van der Waals surface area contributed by atoms with Crippen molar-refractivity contribution in [2.24, 2.45) is 5.84 Å². The molecule has 0 aliphatic carbocycles. The number of hydrogen-bond acceptors (Lipinski definition) is 3. The third-order valence-electron chi connectivity index (χ3n) is 1.81. The number of furan rings is 1. The van der Waals surface area contributed by atoms with Crippen LogP contribution in [0.1, 0.15) is 5.76 Å². The molecule has 3 nitrogen and oxygen atoms in total. The van der Waals surface area contributed by atoms with Crippen LogP contribution in [-0.4, -0.2) is 0 Å². The van der Waals surface area contributed by atoms with E-state index in [4.69, 9.17) is 10.3 Å². The van der Waals surface area contributed by atoms with Crippen molar-refractivity contribution < 1.29 is 4.42 Å². The predicted octanol–water partition coefficient (Wildman–Crippen LogP) is 2.45. The van der Waals surface area contributed by atoms with E-state index < -0.39 is 0 Å². The minimum atomic E-state index is 0. The average molecular weight is 199 g/mol. The number of anilines is 1. The quantitative estimate of drug-likeness (QED) is 0.547. The number of aryl methyl sites for hydroxylation is 1. The highest BCUT2D eigenvalue weighted by molar-refractivity contribution is 5.85. The van der Waals surface area contributed by atoms with Gasteiger partial charge in [-0.3, -0.25) is 5.84 Å². The first-order chi connectivity index (χ1) is 5.79. The summed E-state index contributed by atoms with van der Waals surface area (Å²) in [6.45, 7) is 1.93. The summed E-state index contributed by atoms with van der Waals surface area (Å²) in [5.74, 6) is 6.18. The molecule has 0 aliphatic rings. The van der Waals surface area contributed by atoms with Crippen LogP contribution < -0.4 is 11.3 Å². The summed E-state index contributed by atoms with van der Waals surface area (Å²) in [4.78, 5) is 0. The number of benzene rings is 1. The molecule has 70 valence electrons. The van der Waals surface area contributed by atoms with Gasteiger partial charge >= 0.3 is 0 Å². The molecule has 1 heterocycles. The summed E-state index contributed by atoms with van der Waals surface area (Å²) in [6.07, 6.45) is 0. The largest absolute Gasteiger partial charge is 0.461 e. The molecule has 0 radical (unpaired) electrons. The van der Waals surface area contributed by atoms with Crippen LogP contribution >= 0.6 is 12.4 Å². The normalized spacial score (nSPS) is 9.69. The van der Waals surface area contributed by atoms with E-state index in [0.717, 1.165) is 22.4 Å². The maximum Gasteiger partial charge on any atom is 0.134 e. The Kier molecular flexibility index (Phi) is 2.80. The topological polar surface area (TPSA) is 51.2 Å². The molecule has 2 rings (SSSR count). The second-order valence-electron chi connectivity index (χ2n) is 2.75.